The van der Waals surface area contributed by atoms with E-state index in [0.29, 0.717) is 16.8 Å². The molecule has 1 heterocycles. The molecule has 0 aliphatic rings. The van der Waals surface area contributed by atoms with Gasteiger partial charge in [0.1, 0.15) is 5.82 Å². The minimum absolute atomic E-state index is 0.0794. The van der Waals surface area contributed by atoms with Gasteiger partial charge in [0.25, 0.3) is 5.22 Å². The smallest absolute Gasteiger partial charge is 0.277 e. The number of halogens is 2. The Morgan fingerprint density at radius 1 is 1.28 bits per heavy atom. The number of carbonyl (C=O) groups excluding carboxylic acids is 1. The van der Waals surface area contributed by atoms with Crippen molar-refractivity contribution < 1.29 is 13.6 Å². The molecule has 1 aromatic heterocycles. The molecule has 2 aromatic carbocycles. The lowest BCUT2D eigenvalue weighted by atomic mass is 10.2. The van der Waals surface area contributed by atoms with Crippen LogP contribution in [0.15, 0.2) is 56.6 Å². The molecular weight excluding hydrogens is 409 g/mol. The van der Waals surface area contributed by atoms with Crippen molar-refractivity contribution in [3.05, 3.63) is 58.3 Å². The Hall–Kier alpha value is -2.19. The van der Waals surface area contributed by atoms with Gasteiger partial charge >= 0.3 is 0 Å². The summed E-state index contributed by atoms with van der Waals surface area (Å²) in [7, 11) is 0. The lowest BCUT2D eigenvalue weighted by Crippen LogP contribution is -2.15. The molecule has 0 atom stereocenters. The number of nitrogens with one attached hydrogen (secondary N) is 1. The number of rotatable bonds is 5. The summed E-state index contributed by atoms with van der Waals surface area (Å²) in [5.41, 5.74) is 2.02. The SMILES string of the molecule is Cc1ccc(F)cc1NC(=O)CSc1nnc(-c2cccc(Br)c2)o1. The Morgan fingerprint density at radius 3 is 2.92 bits per heavy atom. The predicted molar refractivity (Wildman–Crippen MR) is 97.9 cm³/mol. The van der Waals surface area contributed by atoms with Crippen molar-refractivity contribution in [2.24, 2.45) is 0 Å². The summed E-state index contributed by atoms with van der Waals surface area (Å²) >= 11 is 4.50. The summed E-state index contributed by atoms with van der Waals surface area (Å²) in [6.07, 6.45) is 0. The maximum absolute atomic E-state index is 13.2. The van der Waals surface area contributed by atoms with E-state index in [1.165, 1.54) is 12.1 Å². The van der Waals surface area contributed by atoms with Crippen molar-refractivity contribution in [1.29, 1.82) is 0 Å². The third-order valence-corrected chi connectivity index (χ3v) is 4.59. The number of aromatic nitrogens is 2. The topological polar surface area (TPSA) is 68.0 Å². The molecule has 0 unspecified atom stereocenters. The first-order valence-corrected chi connectivity index (χ1v) is 9.07. The lowest BCUT2D eigenvalue weighted by Gasteiger charge is -2.07. The largest absolute Gasteiger partial charge is 0.411 e. The van der Waals surface area contributed by atoms with Crippen LogP contribution in [-0.4, -0.2) is 21.9 Å². The van der Waals surface area contributed by atoms with Gasteiger partial charge < -0.3 is 9.73 Å². The average Bonchev–Trinajstić information content (AvgIpc) is 3.05. The summed E-state index contributed by atoms with van der Waals surface area (Å²) in [6.45, 7) is 1.80. The normalized spacial score (nSPS) is 10.7. The lowest BCUT2D eigenvalue weighted by molar-refractivity contribution is -0.113. The molecule has 1 N–H and O–H groups in total. The molecule has 5 nitrogen and oxygen atoms in total. The van der Waals surface area contributed by atoms with Crippen LogP contribution >= 0.6 is 27.7 Å². The van der Waals surface area contributed by atoms with Gasteiger partial charge in [0.15, 0.2) is 0 Å². The summed E-state index contributed by atoms with van der Waals surface area (Å²) < 4.78 is 19.7. The second-order valence-electron chi connectivity index (χ2n) is 5.18. The summed E-state index contributed by atoms with van der Waals surface area (Å²) in [5.74, 6) is -0.217. The first-order valence-electron chi connectivity index (χ1n) is 7.29. The van der Waals surface area contributed by atoms with E-state index in [9.17, 15) is 9.18 Å². The number of carbonyl (C=O) groups is 1. The third-order valence-electron chi connectivity index (χ3n) is 3.28. The molecule has 0 fully saturated rings. The highest BCUT2D eigenvalue weighted by atomic mass is 79.9. The molecule has 0 spiro atoms. The zero-order valence-electron chi connectivity index (χ0n) is 13.1. The Balaban J connectivity index is 1.60. The molecule has 0 aliphatic carbocycles. The van der Waals surface area contributed by atoms with Gasteiger partial charge in [0.2, 0.25) is 11.8 Å². The van der Waals surface area contributed by atoms with Gasteiger partial charge in [-0.1, -0.05) is 39.8 Å². The van der Waals surface area contributed by atoms with Gasteiger partial charge in [0, 0.05) is 15.7 Å². The van der Waals surface area contributed by atoms with Crippen LogP contribution in [0.3, 0.4) is 0 Å². The predicted octanol–water partition coefficient (Wildman–Crippen LogP) is 4.68. The molecular formula is C17H13BrFN3O2S. The highest BCUT2D eigenvalue weighted by molar-refractivity contribution is 9.10. The second kappa shape index (κ2) is 7.79. The summed E-state index contributed by atoms with van der Waals surface area (Å²) in [4.78, 5) is 12.0. The molecule has 3 aromatic rings. The molecule has 3 rings (SSSR count). The zero-order valence-corrected chi connectivity index (χ0v) is 15.5. The van der Waals surface area contributed by atoms with E-state index < -0.39 is 5.82 Å². The van der Waals surface area contributed by atoms with E-state index in [0.717, 1.165) is 27.4 Å². The van der Waals surface area contributed by atoms with Crippen molar-refractivity contribution in [3.8, 4) is 11.5 Å². The van der Waals surface area contributed by atoms with Gasteiger partial charge in [-0.15, -0.1) is 10.2 Å². The quantitative estimate of drug-likeness (QED) is 0.605. The summed E-state index contributed by atoms with van der Waals surface area (Å²) in [6, 6.07) is 11.7. The number of nitrogens with zero attached hydrogens (tertiary/aromatic N) is 2. The van der Waals surface area contributed by atoms with E-state index in [4.69, 9.17) is 4.42 Å². The van der Waals surface area contributed by atoms with Crippen LogP contribution in [0.25, 0.3) is 11.5 Å². The van der Waals surface area contributed by atoms with Crippen LogP contribution in [0.1, 0.15) is 5.56 Å². The third kappa shape index (κ3) is 4.67. The highest BCUT2D eigenvalue weighted by Crippen LogP contribution is 2.25. The van der Waals surface area contributed by atoms with Gasteiger partial charge in [0.05, 0.1) is 5.75 Å². The van der Waals surface area contributed by atoms with Crippen molar-refractivity contribution in [2.75, 3.05) is 11.1 Å². The van der Waals surface area contributed by atoms with Crippen molar-refractivity contribution in [3.63, 3.8) is 0 Å². The average molecular weight is 422 g/mol. The fourth-order valence-corrected chi connectivity index (χ4v) is 3.01. The monoisotopic (exact) mass is 421 g/mol. The van der Waals surface area contributed by atoms with Gasteiger partial charge in [-0.3, -0.25) is 4.79 Å². The van der Waals surface area contributed by atoms with E-state index in [1.54, 1.807) is 13.0 Å². The molecule has 0 saturated heterocycles. The Labute approximate surface area is 156 Å². The first kappa shape index (κ1) is 17.6. The van der Waals surface area contributed by atoms with Gasteiger partial charge in [-0.2, -0.15) is 0 Å². The van der Waals surface area contributed by atoms with Crippen LogP contribution in [0.4, 0.5) is 10.1 Å². The molecule has 0 saturated carbocycles. The molecule has 0 bridgehead atoms. The molecule has 1 amide bonds. The van der Waals surface area contributed by atoms with E-state index >= 15 is 0 Å². The number of thioether (sulfide) groups is 1. The van der Waals surface area contributed by atoms with Crippen LogP contribution in [0.5, 0.6) is 0 Å². The van der Waals surface area contributed by atoms with Crippen LogP contribution in [0, 0.1) is 12.7 Å². The van der Waals surface area contributed by atoms with Gasteiger partial charge in [-0.25, -0.2) is 4.39 Å². The standard InChI is InChI=1S/C17H13BrFN3O2S/c1-10-5-6-13(19)8-14(10)20-15(23)9-25-17-22-21-16(24-17)11-3-2-4-12(18)7-11/h2-8H,9H2,1H3,(H,20,23). The van der Waals surface area contributed by atoms with E-state index in [-0.39, 0.29) is 11.7 Å². The first-order chi connectivity index (χ1) is 12.0. The Morgan fingerprint density at radius 2 is 2.12 bits per heavy atom. The summed E-state index contributed by atoms with van der Waals surface area (Å²) in [5, 5.41) is 10.9. The maximum Gasteiger partial charge on any atom is 0.277 e. The van der Waals surface area contributed by atoms with Crippen LogP contribution in [-0.2, 0) is 4.79 Å². The number of hydrogen-bond donors (Lipinski definition) is 1. The molecule has 8 heteroatoms. The highest BCUT2D eigenvalue weighted by Gasteiger charge is 2.12. The van der Waals surface area contributed by atoms with Crippen molar-refractivity contribution in [1.82, 2.24) is 10.2 Å². The Bertz CT molecular complexity index is 916. The second-order valence-corrected chi connectivity index (χ2v) is 7.02. The van der Waals surface area contributed by atoms with E-state index in [1.807, 2.05) is 24.3 Å². The van der Waals surface area contributed by atoms with Crippen LogP contribution in [0.2, 0.25) is 0 Å². The molecule has 0 radical (unpaired) electrons. The fraction of sp³-hybridized carbons (Fsp3) is 0.118. The number of benzene rings is 2. The number of hydrogen-bond acceptors (Lipinski definition) is 5. The van der Waals surface area contributed by atoms with Crippen LogP contribution < -0.4 is 5.32 Å². The number of amides is 1. The maximum atomic E-state index is 13.2. The van der Waals surface area contributed by atoms with E-state index in [2.05, 4.69) is 31.4 Å². The molecule has 25 heavy (non-hydrogen) atoms. The minimum Gasteiger partial charge on any atom is -0.411 e. The Kier molecular flexibility index (Phi) is 5.50. The van der Waals surface area contributed by atoms with Gasteiger partial charge in [-0.05, 0) is 42.8 Å². The van der Waals surface area contributed by atoms with Crippen molar-refractivity contribution in [2.45, 2.75) is 12.1 Å². The minimum atomic E-state index is -0.399. The number of aryl methyl sites for hydroxylation is 1. The molecule has 0 aliphatic heterocycles. The fourth-order valence-electron chi connectivity index (χ4n) is 2.05. The molecule has 128 valence electrons. The van der Waals surface area contributed by atoms with Crippen molar-refractivity contribution >= 4 is 39.3 Å². The zero-order chi connectivity index (χ0) is 17.8. The number of anilines is 1.